The molecule has 1 N–H and O–H groups in total. The molecule has 0 bridgehead atoms. The van der Waals surface area contributed by atoms with Gasteiger partial charge in [0.1, 0.15) is 5.82 Å². The Morgan fingerprint density at radius 3 is 2.81 bits per heavy atom. The highest BCUT2D eigenvalue weighted by molar-refractivity contribution is 5.88. The van der Waals surface area contributed by atoms with Gasteiger partial charge in [-0.05, 0) is 55.8 Å². The van der Waals surface area contributed by atoms with Gasteiger partial charge < -0.3 is 5.11 Å². The van der Waals surface area contributed by atoms with Crippen molar-refractivity contribution in [3.05, 3.63) is 35.1 Å². The molecule has 0 amide bonds. The second-order valence-corrected chi connectivity index (χ2v) is 6.34. The number of benzene rings is 1. The third-order valence-electron chi connectivity index (χ3n) is 5.01. The molecule has 1 aliphatic heterocycles. The maximum atomic E-state index is 13.5. The van der Waals surface area contributed by atoms with Gasteiger partial charge in [-0.15, -0.1) is 0 Å². The van der Waals surface area contributed by atoms with E-state index in [0.717, 1.165) is 24.6 Å². The number of fused-ring (bicyclic) bond motifs is 1. The van der Waals surface area contributed by atoms with Gasteiger partial charge >= 0.3 is 5.97 Å². The minimum absolute atomic E-state index is 0.218. The predicted octanol–water partition coefficient (Wildman–Crippen LogP) is 3.68. The molecule has 1 aromatic rings. The number of hydrogen-bond acceptors (Lipinski definition) is 2. The number of likely N-dealkylation sites (tertiary alicyclic amines) is 1. The summed E-state index contributed by atoms with van der Waals surface area (Å²) in [4.78, 5) is 13.5. The first kappa shape index (κ1) is 14.5. The Hall–Kier alpha value is -1.42. The summed E-state index contributed by atoms with van der Waals surface area (Å²) < 4.78 is 13.5. The first-order chi connectivity index (χ1) is 10.1. The van der Waals surface area contributed by atoms with Crippen molar-refractivity contribution in [2.24, 2.45) is 5.92 Å². The van der Waals surface area contributed by atoms with Crippen LogP contribution >= 0.6 is 0 Å². The molecule has 0 spiro atoms. The van der Waals surface area contributed by atoms with E-state index in [4.69, 9.17) is 5.11 Å². The molecule has 2 atom stereocenters. The first-order valence-electron chi connectivity index (χ1n) is 7.91. The van der Waals surface area contributed by atoms with Crippen LogP contribution in [0.25, 0.3) is 0 Å². The van der Waals surface area contributed by atoms with E-state index in [-0.39, 0.29) is 5.56 Å². The number of rotatable bonds is 3. The van der Waals surface area contributed by atoms with Gasteiger partial charge in [-0.25, -0.2) is 9.18 Å². The van der Waals surface area contributed by atoms with Crippen LogP contribution in [0.15, 0.2) is 18.2 Å². The summed E-state index contributed by atoms with van der Waals surface area (Å²) >= 11 is 0. The van der Waals surface area contributed by atoms with Crippen molar-refractivity contribution in [1.82, 2.24) is 4.90 Å². The Morgan fingerprint density at radius 1 is 1.24 bits per heavy atom. The van der Waals surface area contributed by atoms with Gasteiger partial charge in [-0.3, -0.25) is 4.90 Å². The number of carbonyl (C=O) groups is 1. The molecular weight excluding hydrogens is 269 g/mol. The Bertz CT molecular complexity index is 530. The first-order valence-corrected chi connectivity index (χ1v) is 7.91. The average molecular weight is 291 g/mol. The van der Waals surface area contributed by atoms with Gasteiger partial charge in [0.25, 0.3) is 0 Å². The van der Waals surface area contributed by atoms with Gasteiger partial charge in [0.05, 0.1) is 5.56 Å². The summed E-state index contributed by atoms with van der Waals surface area (Å²) in [6.45, 7) is 1.81. The van der Waals surface area contributed by atoms with E-state index in [9.17, 15) is 9.18 Å². The van der Waals surface area contributed by atoms with Crippen LogP contribution in [0.5, 0.6) is 0 Å². The summed E-state index contributed by atoms with van der Waals surface area (Å²) in [7, 11) is 0. The van der Waals surface area contributed by atoms with Crippen molar-refractivity contribution in [1.29, 1.82) is 0 Å². The van der Waals surface area contributed by atoms with Crippen molar-refractivity contribution in [2.75, 3.05) is 6.54 Å². The van der Waals surface area contributed by atoms with E-state index in [1.165, 1.54) is 50.7 Å². The summed E-state index contributed by atoms with van der Waals surface area (Å²) in [6.07, 6.45) is 7.75. The molecule has 4 heteroatoms. The van der Waals surface area contributed by atoms with Gasteiger partial charge in [-0.1, -0.05) is 18.9 Å². The summed E-state index contributed by atoms with van der Waals surface area (Å²) in [5.41, 5.74) is 0.685. The van der Waals surface area contributed by atoms with Crippen molar-refractivity contribution < 1.29 is 14.3 Å². The second-order valence-electron chi connectivity index (χ2n) is 6.34. The maximum absolute atomic E-state index is 13.5. The lowest BCUT2D eigenvalue weighted by atomic mass is 9.78. The Morgan fingerprint density at radius 2 is 2.00 bits per heavy atom. The number of hydrogen-bond donors (Lipinski definition) is 1. The lowest BCUT2D eigenvalue weighted by Crippen LogP contribution is -2.46. The van der Waals surface area contributed by atoms with E-state index in [1.807, 2.05) is 0 Å². The molecule has 21 heavy (non-hydrogen) atoms. The Balaban J connectivity index is 1.76. The van der Waals surface area contributed by atoms with Crippen LogP contribution in [0.2, 0.25) is 0 Å². The Labute approximate surface area is 124 Å². The van der Waals surface area contributed by atoms with Crippen LogP contribution in [-0.2, 0) is 6.54 Å². The molecule has 0 unspecified atom stereocenters. The van der Waals surface area contributed by atoms with E-state index in [2.05, 4.69) is 4.90 Å². The van der Waals surface area contributed by atoms with Crippen LogP contribution in [0.4, 0.5) is 4.39 Å². The number of aromatic carboxylic acids is 1. The van der Waals surface area contributed by atoms with Crippen molar-refractivity contribution in [3.8, 4) is 0 Å². The minimum Gasteiger partial charge on any atom is -0.478 e. The highest BCUT2D eigenvalue weighted by Gasteiger charge is 2.33. The fourth-order valence-electron chi connectivity index (χ4n) is 3.99. The molecule has 114 valence electrons. The largest absolute Gasteiger partial charge is 0.478 e. The van der Waals surface area contributed by atoms with Crippen molar-refractivity contribution in [3.63, 3.8) is 0 Å². The van der Waals surface area contributed by atoms with Crippen LogP contribution in [0, 0.1) is 11.7 Å². The molecule has 0 aromatic heterocycles. The zero-order chi connectivity index (χ0) is 14.8. The summed E-state index contributed by atoms with van der Waals surface area (Å²) in [6, 6.07) is 5.12. The van der Waals surface area contributed by atoms with Crippen LogP contribution in [0.1, 0.15) is 54.4 Å². The molecule has 3 nitrogen and oxygen atoms in total. The van der Waals surface area contributed by atoms with Gasteiger partial charge in [0, 0.05) is 12.6 Å². The average Bonchev–Trinajstić information content (AvgIpc) is 2.49. The molecule has 1 saturated carbocycles. The monoisotopic (exact) mass is 291 g/mol. The van der Waals surface area contributed by atoms with Crippen LogP contribution < -0.4 is 0 Å². The smallest absolute Gasteiger partial charge is 0.338 e. The molecule has 1 saturated heterocycles. The SMILES string of the molecule is O=C(O)c1cc(CN2CCC[C@H]3CCCC[C@H]32)ccc1F. The van der Waals surface area contributed by atoms with E-state index in [0.29, 0.717) is 6.04 Å². The quantitative estimate of drug-likeness (QED) is 0.923. The number of halogens is 1. The second kappa shape index (κ2) is 6.14. The normalized spacial score (nSPS) is 26.3. The van der Waals surface area contributed by atoms with Crippen molar-refractivity contribution >= 4 is 5.97 Å². The number of nitrogens with zero attached hydrogens (tertiary/aromatic N) is 1. The van der Waals surface area contributed by atoms with Crippen molar-refractivity contribution in [2.45, 2.75) is 51.1 Å². The standard InChI is InChI=1S/C17H22FNO2/c18-15-8-7-12(10-14(15)17(20)21)11-19-9-3-5-13-4-1-2-6-16(13)19/h7-8,10,13,16H,1-6,9,11H2,(H,20,21)/t13-,16-/m1/s1. The molecule has 1 aliphatic carbocycles. The topological polar surface area (TPSA) is 40.5 Å². The highest BCUT2D eigenvalue weighted by Crippen LogP contribution is 2.36. The molecule has 2 fully saturated rings. The van der Waals surface area contributed by atoms with E-state index in [1.54, 1.807) is 6.07 Å². The minimum atomic E-state index is -1.19. The fraction of sp³-hybridized carbons (Fsp3) is 0.588. The molecule has 1 heterocycles. The molecule has 1 aromatic carbocycles. The third kappa shape index (κ3) is 3.10. The predicted molar refractivity (Wildman–Crippen MR) is 78.7 cm³/mol. The number of carboxylic acid groups (broad SMARTS) is 1. The molecule has 3 rings (SSSR count). The van der Waals surface area contributed by atoms with E-state index < -0.39 is 11.8 Å². The molecular formula is C17H22FNO2. The lowest BCUT2D eigenvalue weighted by molar-refractivity contribution is 0.0546. The lowest BCUT2D eigenvalue weighted by Gasteiger charge is -2.44. The third-order valence-corrected chi connectivity index (χ3v) is 5.01. The summed E-state index contributed by atoms with van der Waals surface area (Å²) in [5, 5.41) is 9.03. The fourth-order valence-corrected chi connectivity index (χ4v) is 3.99. The highest BCUT2D eigenvalue weighted by atomic mass is 19.1. The van der Waals surface area contributed by atoms with Gasteiger partial charge in [0.15, 0.2) is 0 Å². The van der Waals surface area contributed by atoms with Crippen LogP contribution in [-0.4, -0.2) is 28.6 Å². The summed E-state index contributed by atoms with van der Waals surface area (Å²) in [5.74, 6) is -1.05. The van der Waals surface area contributed by atoms with Gasteiger partial charge in [0.2, 0.25) is 0 Å². The molecule has 2 aliphatic rings. The number of piperidine rings is 1. The zero-order valence-electron chi connectivity index (χ0n) is 12.2. The zero-order valence-corrected chi connectivity index (χ0v) is 12.2. The maximum Gasteiger partial charge on any atom is 0.338 e. The molecule has 0 radical (unpaired) electrons. The van der Waals surface area contributed by atoms with Crippen LogP contribution in [0.3, 0.4) is 0 Å². The Kier molecular flexibility index (Phi) is 4.24. The van der Waals surface area contributed by atoms with Gasteiger partial charge in [-0.2, -0.15) is 0 Å². The number of carboxylic acids is 1. The van der Waals surface area contributed by atoms with E-state index >= 15 is 0 Å².